The molecule has 0 amide bonds. The topological polar surface area (TPSA) is 40.8 Å². The van der Waals surface area contributed by atoms with Crippen molar-refractivity contribution in [3.63, 3.8) is 0 Å². The van der Waals surface area contributed by atoms with Gasteiger partial charge in [-0.15, -0.1) is 0 Å². The summed E-state index contributed by atoms with van der Waals surface area (Å²) in [5, 5.41) is 9.78. The molecule has 84 valence electrons. The summed E-state index contributed by atoms with van der Waals surface area (Å²) in [6.07, 6.45) is 5.51. The number of β-amino-alcohol motifs (C(OH)–C–C–N with tert-alkyl or cyclic N) is 1. The SMILES string of the molecule is C[C@@H]1CN(c2nccn3cccc23)C[C@@H]1O. The summed E-state index contributed by atoms with van der Waals surface area (Å²) in [5.74, 6) is 1.29. The molecule has 2 atom stereocenters. The third-order valence-electron chi connectivity index (χ3n) is 3.30. The standard InChI is InChI=1S/C12H15N3O/c1-9-7-15(8-11(9)16)12-10-3-2-5-14(10)6-4-13-12/h2-6,9,11,16H,7-8H2,1H3/t9-,11+/m1/s1. The number of aliphatic hydroxyl groups is 1. The van der Waals surface area contributed by atoms with Crippen LogP contribution in [0.25, 0.3) is 5.52 Å². The lowest BCUT2D eigenvalue weighted by Crippen LogP contribution is -2.22. The van der Waals surface area contributed by atoms with Crippen molar-refractivity contribution in [1.29, 1.82) is 0 Å². The Labute approximate surface area is 94.1 Å². The lowest BCUT2D eigenvalue weighted by atomic mass is 10.1. The summed E-state index contributed by atoms with van der Waals surface area (Å²) in [6, 6.07) is 4.06. The molecule has 0 bridgehead atoms. The van der Waals surface area contributed by atoms with Gasteiger partial charge in [-0.1, -0.05) is 6.92 Å². The van der Waals surface area contributed by atoms with Crippen LogP contribution >= 0.6 is 0 Å². The van der Waals surface area contributed by atoms with Gasteiger partial charge in [-0.2, -0.15) is 0 Å². The zero-order chi connectivity index (χ0) is 11.1. The second kappa shape index (κ2) is 3.49. The monoisotopic (exact) mass is 217 g/mol. The molecule has 3 rings (SSSR count). The molecule has 0 spiro atoms. The molecule has 0 aliphatic carbocycles. The highest BCUT2D eigenvalue weighted by atomic mass is 16.3. The molecule has 0 radical (unpaired) electrons. The minimum atomic E-state index is -0.239. The Morgan fingerprint density at radius 1 is 1.38 bits per heavy atom. The van der Waals surface area contributed by atoms with Crippen molar-refractivity contribution in [3.05, 3.63) is 30.7 Å². The first-order valence-electron chi connectivity index (χ1n) is 5.60. The van der Waals surface area contributed by atoms with E-state index in [4.69, 9.17) is 0 Å². The van der Waals surface area contributed by atoms with Gasteiger partial charge < -0.3 is 14.4 Å². The van der Waals surface area contributed by atoms with Crippen LogP contribution in [0, 0.1) is 5.92 Å². The maximum Gasteiger partial charge on any atom is 0.153 e. The number of hydrogen-bond acceptors (Lipinski definition) is 3. The quantitative estimate of drug-likeness (QED) is 0.779. The van der Waals surface area contributed by atoms with Crippen LogP contribution in [0.15, 0.2) is 30.7 Å². The summed E-state index contributed by atoms with van der Waals surface area (Å²) in [7, 11) is 0. The van der Waals surface area contributed by atoms with Gasteiger partial charge in [-0.05, 0) is 12.1 Å². The lowest BCUT2D eigenvalue weighted by molar-refractivity contribution is 0.157. The molecule has 4 heteroatoms. The molecule has 1 aliphatic rings. The Morgan fingerprint density at radius 3 is 3.00 bits per heavy atom. The molecule has 2 aromatic heterocycles. The van der Waals surface area contributed by atoms with Crippen molar-refractivity contribution >= 4 is 11.3 Å². The maximum atomic E-state index is 9.78. The Morgan fingerprint density at radius 2 is 2.25 bits per heavy atom. The molecule has 2 aromatic rings. The molecular formula is C12H15N3O. The van der Waals surface area contributed by atoms with Gasteiger partial charge in [0, 0.05) is 37.6 Å². The lowest BCUT2D eigenvalue weighted by Gasteiger charge is -2.17. The average molecular weight is 217 g/mol. The molecule has 0 aromatic carbocycles. The van der Waals surface area contributed by atoms with E-state index in [1.807, 2.05) is 18.5 Å². The van der Waals surface area contributed by atoms with E-state index < -0.39 is 0 Å². The van der Waals surface area contributed by atoms with E-state index in [-0.39, 0.29) is 6.10 Å². The Hall–Kier alpha value is -1.55. The van der Waals surface area contributed by atoms with E-state index in [1.165, 1.54) is 0 Å². The van der Waals surface area contributed by atoms with Crippen molar-refractivity contribution in [2.24, 2.45) is 5.92 Å². The molecule has 16 heavy (non-hydrogen) atoms. The number of hydrogen-bond donors (Lipinski definition) is 1. The predicted octanol–water partition coefficient (Wildman–Crippen LogP) is 1.15. The van der Waals surface area contributed by atoms with Gasteiger partial charge in [-0.25, -0.2) is 4.98 Å². The molecule has 3 heterocycles. The fraction of sp³-hybridized carbons (Fsp3) is 0.417. The maximum absolute atomic E-state index is 9.78. The Bertz CT molecular complexity index is 498. The third-order valence-corrected chi connectivity index (χ3v) is 3.30. The highest BCUT2D eigenvalue weighted by Gasteiger charge is 2.29. The number of nitrogens with zero attached hydrogens (tertiary/aromatic N) is 3. The van der Waals surface area contributed by atoms with Crippen molar-refractivity contribution < 1.29 is 5.11 Å². The van der Waals surface area contributed by atoms with Gasteiger partial charge in [0.2, 0.25) is 0 Å². The summed E-state index contributed by atoms with van der Waals surface area (Å²) in [6.45, 7) is 3.63. The van der Waals surface area contributed by atoms with Gasteiger partial charge in [0.05, 0.1) is 11.6 Å². The average Bonchev–Trinajstić information content (AvgIpc) is 2.85. The van der Waals surface area contributed by atoms with Gasteiger partial charge in [-0.3, -0.25) is 0 Å². The molecule has 0 saturated carbocycles. The Balaban J connectivity index is 2.03. The number of aromatic nitrogens is 2. The van der Waals surface area contributed by atoms with Gasteiger partial charge >= 0.3 is 0 Å². The molecular weight excluding hydrogens is 202 g/mol. The van der Waals surface area contributed by atoms with Crippen molar-refractivity contribution in [2.45, 2.75) is 13.0 Å². The largest absolute Gasteiger partial charge is 0.391 e. The summed E-state index contributed by atoms with van der Waals surface area (Å²) < 4.78 is 2.05. The van der Waals surface area contributed by atoms with Gasteiger partial charge in [0.15, 0.2) is 5.82 Å². The van der Waals surface area contributed by atoms with E-state index in [0.29, 0.717) is 12.5 Å². The number of anilines is 1. The summed E-state index contributed by atoms with van der Waals surface area (Å²) >= 11 is 0. The zero-order valence-corrected chi connectivity index (χ0v) is 9.24. The Kier molecular flexibility index (Phi) is 2.11. The van der Waals surface area contributed by atoms with Crippen LogP contribution in [-0.2, 0) is 0 Å². The molecule has 4 nitrogen and oxygen atoms in total. The number of aliphatic hydroxyl groups excluding tert-OH is 1. The first-order valence-corrected chi connectivity index (χ1v) is 5.60. The van der Waals surface area contributed by atoms with Crippen LogP contribution < -0.4 is 4.90 Å². The number of fused-ring (bicyclic) bond motifs is 1. The molecule has 1 N–H and O–H groups in total. The third kappa shape index (κ3) is 1.38. The van der Waals surface area contributed by atoms with Gasteiger partial charge in [0.25, 0.3) is 0 Å². The van der Waals surface area contributed by atoms with E-state index >= 15 is 0 Å². The van der Waals surface area contributed by atoms with E-state index in [0.717, 1.165) is 17.9 Å². The summed E-state index contributed by atoms with van der Waals surface area (Å²) in [4.78, 5) is 6.58. The highest BCUT2D eigenvalue weighted by molar-refractivity contribution is 5.69. The van der Waals surface area contributed by atoms with Crippen LogP contribution in [0.3, 0.4) is 0 Å². The van der Waals surface area contributed by atoms with Crippen LogP contribution in [0.2, 0.25) is 0 Å². The van der Waals surface area contributed by atoms with Crippen LogP contribution in [-0.4, -0.2) is 33.7 Å². The fourth-order valence-electron chi connectivity index (χ4n) is 2.32. The summed E-state index contributed by atoms with van der Waals surface area (Å²) in [5.41, 5.74) is 1.10. The molecule has 1 saturated heterocycles. The first-order chi connectivity index (χ1) is 7.75. The molecule has 1 fully saturated rings. The minimum Gasteiger partial charge on any atom is -0.391 e. The molecule has 1 aliphatic heterocycles. The van der Waals surface area contributed by atoms with E-state index in [1.54, 1.807) is 6.20 Å². The predicted molar refractivity (Wildman–Crippen MR) is 62.6 cm³/mol. The van der Waals surface area contributed by atoms with Crippen LogP contribution in [0.5, 0.6) is 0 Å². The van der Waals surface area contributed by atoms with E-state index in [9.17, 15) is 5.11 Å². The van der Waals surface area contributed by atoms with Crippen LogP contribution in [0.4, 0.5) is 5.82 Å². The van der Waals surface area contributed by atoms with Crippen molar-refractivity contribution in [1.82, 2.24) is 9.38 Å². The smallest absolute Gasteiger partial charge is 0.153 e. The molecule has 0 unspecified atom stereocenters. The van der Waals surface area contributed by atoms with Crippen molar-refractivity contribution in [2.75, 3.05) is 18.0 Å². The minimum absolute atomic E-state index is 0.239. The highest BCUT2D eigenvalue weighted by Crippen LogP contribution is 2.25. The second-order valence-corrected chi connectivity index (χ2v) is 4.50. The van der Waals surface area contributed by atoms with Crippen LogP contribution in [0.1, 0.15) is 6.92 Å². The van der Waals surface area contributed by atoms with Crippen molar-refractivity contribution in [3.8, 4) is 0 Å². The first kappa shape index (κ1) is 9.66. The number of rotatable bonds is 1. The van der Waals surface area contributed by atoms with Gasteiger partial charge in [0.1, 0.15) is 0 Å². The van der Waals surface area contributed by atoms with E-state index in [2.05, 4.69) is 27.3 Å². The zero-order valence-electron chi connectivity index (χ0n) is 9.24. The second-order valence-electron chi connectivity index (χ2n) is 4.50. The fourth-order valence-corrected chi connectivity index (χ4v) is 2.32. The normalized spacial score (nSPS) is 25.5.